The maximum Gasteiger partial charge on any atom is 0.247 e. The Morgan fingerprint density at radius 1 is 1.03 bits per heavy atom. The highest BCUT2D eigenvalue weighted by atomic mass is 32.2. The van der Waals surface area contributed by atoms with E-state index in [1.807, 2.05) is 30.3 Å². The first-order chi connectivity index (χ1) is 15.1. The first-order valence-corrected chi connectivity index (χ1v) is 11.3. The summed E-state index contributed by atoms with van der Waals surface area (Å²) in [4.78, 5) is 25.3. The predicted molar refractivity (Wildman–Crippen MR) is 122 cm³/mol. The van der Waals surface area contributed by atoms with Crippen LogP contribution in [0.1, 0.15) is 16.7 Å². The third kappa shape index (κ3) is 3.95. The zero-order valence-electron chi connectivity index (χ0n) is 16.7. The molecule has 1 aliphatic heterocycles. The van der Waals surface area contributed by atoms with Crippen LogP contribution in [0.25, 0.3) is 11.1 Å². The average Bonchev–Trinajstić information content (AvgIpc) is 3.14. The van der Waals surface area contributed by atoms with Crippen LogP contribution in [0.3, 0.4) is 0 Å². The molecule has 0 radical (unpaired) electrons. The van der Waals surface area contributed by atoms with Crippen molar-refractivity contribution in [1.82, 2.24) is 5.32 Å². The van der Waals surface area contributed by atoms with Gasteiger partial charge in [0.2, 0.25) is 11.8 Å². The number of carbonyl (C=O) groups excluding carboxylic acids is 2. The van der Waals surface area contributed by atoms with Gasteiger partial charge in [-0.3, -0.25) is 9.59 Å². The Hall–Kier alpha value is -3.12. The Kier molecular flexibility index (Phi) is 5.24. The molecule has 0 unspecified atom stereocenters. The summed E-state index contributed by atoms with van der Waals surface area (Å²) in [6.07, 6.45) is 1.16. The molecule has 2 aliphatic rings. The van der Waals surface area contributed by atoms with Gasteiger partial charge in [-0.1, -0.05) is 48.5 Å². The third-order valence-corrected chi connectivity index (χ3v) is 7.12. The number of anilines is 1. The zero-order valence-corrected chi connectivity index (χ0v) is 17.5. The van der Waals surface area contributed by atoms with Gasteiger partial charge in [0.25, 0.3) is 0 Å². The lowest BCUT2D eigenvalue weighted by atomic mass is 10.1. The zero-order chi connectivity index (χ0) is 21.4. The molecular weight excluding hydrogens is 411 g/mol. The molecule has 156 valence electrons. The Morgan fingerprint density at radius 3 is 2.65 bits per heavy atom. The minimum atomic E-state index is -0.611. The molecule has 31 heavy (non-hydrogen) atoms. The number of hydrogen-bond acceptors (Lipinski definition) is 3. The van der Waals surface area contributed by atoms with E-state index in [2.05, 4.69) is 22.8 Å². The van der Waals surface area contributed by atoms with E-state index in [4.69, 9.17) is 0 Å². The summed E-state index contributed by atoms with van der Waals surface area (Å²) in [7, 11) is 0. The number of amides is 2. The molecule has 1 saturated heterocycles. The largest absolute Gasteiger partial charge is 0.343 e. The van der Waals surface area contributed by atoms with Crippen LogP contribution in [-0.2, 0) is 22.4 Å². The fourth-order valence-electron chi connectivity index (χ4n) is 4.20. The normalized spacial score (nSPS) is 19.3. The molecule has 3 aromatic rings. The van der Waals surface area contributed by atoms with Crippen LogP contribution in [0.2, 0.25) is 0 Å². The van der Waals surface area contributed by atoms with Crippen molar-refractivity contribution in [2.45, 2.75) is 24.1 Å². The number of fused-ring (bicyclic) bond motifs is 3. The molecule has 3 aromatic carbocycles. The van der Waals surface area contributed by atoms with Crippen LogP contribution in [-0.4, -0.2) is 28.9 Å². The van der Waals surface area contributed by atoms with Crippen molar-refractivity contribution < 1.29 is 14.0 Å². The first-order valence-electron chi connectivity index (χ1n) is 10.3. The Balaban J connectivity index is 1.22. The van der Waals surface area contributed by atoms with Crippen LogP contribution in [0, 0.1) is 5.82 Å². The molecule has 1 aliphatic carbocycles. The van der Waals surface area contributed by atoms with Crippen LogP contribution in [0.5, 0.6) is 0 Å². The van der Waals surface area contributed by atoms with Crippen LogP contribution in [0.15, 0.2) is 66.7 Å². The lowest BCUT2D eigenvalue weighted by Gasteiger charge is -2.28. The van der Waals surface area contributed by atoms with Gasteiger partial charge >= 0.3 is 0 Å². The third-order valence-electron chi connectivity index (χ3n) is 5.81. The van der Waals surface area contributed by atoms with Crippen molar-refractivity contribution in [2.24, 2.45) is 0 Å². The predicted octanol–water partition coefficient (Wildman–Crippen LogP) is 4.18. The fraction of sp³-hybridized carbons (Fsp3) is 0.200. The molecule has 2 atom stereocenters. The van der Waals surface area contributed by atoms with Crippen LogP contribution in [0.4, 0.5) is 10.1 Å². The topological polar surface area (TPSA) is 58.2 Å². The molecule has 1 fully saturated rings. The Bertz CT molecular complexity index is 1180. The van der Waals surface area contributed by atoms with E-state index in [1.165, 1.54) is 40.1 Å². The standard InChI is InChI=1S/C25H21FN2O2S/c26-21-8-4-2-6-16(21)13-23-25(30)28-22(14-31-23)24(29)27-18-9-10-20-17(12-18)11-15-5-1-3-7-19(15)20/h1-10,12,22-23H,11,13-14H2,(H,27,29)(H,28,30)/t22-,23-/m1/s1. The number of benzene rings is 3. The molecule has 6 heteroatoms. The van der Waals surface area contributed by atoms with E-state index >= 15 is 0 Å². The molecular formula is C25H21FN2O2S. The summed E-state index contributed by atoms with van der Waals surface area (Å²) in [6, 6.07) is 20.1. The molecule has 4 nitrogen and oxygen atoms in total. The van der Waals surface area contributed by atoms with Crippen LogP contribution >= 0.6 is 11.8 Å². The van der Waals surface area contributed by atoms with Crippen molar-refractivity contribution >= 4 is 29.3 Å². The quantitative estimate of drug-likeness (QED) is 0.509. The van der Waals surface area contributed by atoms with Crippen molar-refractivity contribution in [3.05, 3.63) is 89.2 Å². The Labute approximate surface area is 184 Å². The van der Waals surface area contributed by atoms with Crippen LogP contribution < -0.4 is 10.6 Å². The van der Waals surface area contributed by atoms with Gasteiger partial charge in [-0.2, -0.15) is 0 Å². The molecule has 2 N–H and O–H groups in total. The monoisotopic (exact) mass is 432 g/mol. The minimum Gasteiger partial charge on any atom is -0.343 e. The number of hydrogen-bond donors (Lipinski definition) is 2. The summed E-state index contributed by atoms with van der Waals surface area (Å²) >= 11 is 1.39. The van der Waals surface area contributed by atoms with E-state index in [9.17, 15) is 14.0 Å². The fourth-order valence-corrected chi connectivity index (χ4v) is 5.38. The second-order valence-electron chi connectivity index (χ2n) is 7.87. The number of carbonyl (C=O) groups is 2. The summed E-state index contributed by atoms with van der Waals surface area (Å²) in [5, 5.41) is 5.33. The van der Waals surface area contributed by atoms with Gasteiger partial charge < -0.3 is 10.6 Å². The molecule has 0 aromatic heterocycles. The van der Waals surface area contributed by atoms with E-state index in [-0.39, 0.29) is 17.6 Å². The van der Waals surface area contributed by atoms with E-state index in [0.717, 1.165) is 12.1 Å². The van der Waals surface area contributed by atoms with E-state index in [1.54, 1.807) is 18.2 Å². The first kappa shape index (κ1) is 19.8. The molecule has 2 amide bonds. The lowest BCUT2D eigenvalue weighted by molar-refractivity contribution is -0.126. The maximum absolute atomic E-state index is 13.9. The van der Waals surface area contributed by atoms with Gasteiger partial charge in [0.15, 0.2) is 0 Å². The molecule has 5 rings (SSSR count). The second-order valence-corrected chi connectivity index (χ2v) is 9.11. The highest BCUT2D eigenvalue weighted by Crippen LogP contribution is 2.37. The maximum atomic E-state index is 13.9. The van der Waals surface area contributed by atoms with Crippen molar-refractivity contribution in [3.63, 3.8) is 0 Å². The number of rotatable bonds is 4. The average molecular weight is 433 g/mol. The molecule has 0 bridgehead atoms. The van der Waals surface area contributed by atoms with Gasteiger partial charge in [0.05, 0.1) is 5.25 Å². The Morgan fingerprint density at radius 2 is 1.81 bits per heavy atom. The van der Waals surface area contributed by atoms with E-state index in [0.29, 0.717) is 17.7 Å². The van der Waals surface area contributed by atoms with E-state index < -0.39 is 11.3 Å². The molecule has 0 saturated carbocycles. The van der Waals surface area contributed by atoms with Gasteiger partial charge in [0.1, 0.15) is 11.9 Å². The summed E-state index contributed by atoms with van der Waals surface area (Å²) in [5.41, 5.74) is 6.16. The molecule has 1 heterocycles. The van der Waals surface area contributed by atoms with Crippen molar-refractivity contribution in [1.29, 1.82) is 0 Å². The van der Waals surface area contributed by atoms with Gasteiger partial charge in [0, 0.05) is 11.4 Å². The summed E-state index contributed by atoms with van der Waals surface area (Å²) in [5.74, 6) is -0.327. The minimum absolute atomic E-state index is 0.232. The SMILES string of the molecule is O=C(Nc1ccc2c(c1)Cc1ccccc1-2)[C@H]1CS[C@H](Cc2ccccc2F)C(=O)N1. The highest BCUT2D eigenvalue weighted by Gasteiger charge is 2.33. The van der Waals surface area contributed by atoms with Crippen molar-refractivity contribution in [2.75, 3.05) is 11.1 Å². The summed E-state index contributed by atoms with van der Waals surface area (Å²) < 4.78 is 13.9. The number of nitrogens with one attached hydrogen (secondary N) is 2. The van der Waals surface area contributed by atoms with Crippen molar-refractivity contribution in [3.8, 4) is 11.1 Å². The van der Waals surface area contributed by atoms with Gasteiger partial charge in [-0.05, 0) is 58.9 Å². The number of thioether (sulfide) groups is 1. The van der Waals surface area contributed by atoms with Gasteiger partial charge in [-0.25, -0.2) is 4.39 Å². The smallest absolute Gasteiger partial charge is 0.247 e. The van der Waals surface area contributed by atoms with Gasteiger partial charge in [-0.15, -0.1) is 11.8 Å². The highest BCUT2D eigenvalue weighted by molar-refractivity contribution is 8.00. The molecule has 0 spiro atoms. The number of halogens is 1. The summed E-state index contributed by atoms with van der Waals surface area (Å²) in [6.45, 7) is 0. The second kappa shape index (κ2) is 8.19. The lowest BCUT2D eigenvalue weighted by Crippen LogP contribution is -2.52.